The normalized spacial score (nSPS) is 26.7. The van der Waals surface area contributed by atoms with E-state index in [1.807, 2.05) is 5.32 Å². The fourth-order valence-electron chi connectivity index (χ4n) is 2.04. The number of carbonyl (C=O) groups excluding carboxylic acids is 1. The average Bonchev–Trinajstić information content (AvgIpc) is 2.28. The summed E-state index contributed by atoms with van der Waals surface area (Å²) in [6, 6.07) is -0.963. The molecule has 18 heavy (non-hydrogen) atoms. The third-order valence-electron chi connectivity index (χ3n) is 3.05. The summed E-state index contributed by atoms with van der Waals surface area (Å²) in [5.41, 5.74) is 0. The van der Waals surface area contributed by atoms with Gasteiger partial charge in [-0.05, 0) is 19.8 Å². The average molecular weight is 268 g/mol. The third kappa shape index (κ3) is 5.22. The molecule has 3 N–H and O–H groups in total. The summed E-state index contributed by atoms with van der Waals surface area (Å²) in [5, 5.41) is 14.4. The maximum absolute atomic E-state index is 11.9. The quantitative estimate of drug-likeness (QED) is 0.711. The van der Waals surface area contributed by atoms with Crippen LogP contribution in [0.3, 0.4) is 0 Å². The Morgan fingerprint density at radius 3 is 2.56 bits per heavy atom. The molecule has 0 bridgehead atoms. The number of amides is 1. The SMILES string of the molecule is CC(NC1CCCCC1O)C(=O)NCC(F)(F)F. The summed E-state index contributed by atoms with van der Waals surface area (Å²) >= 11 is 0. The van der Waals surface area contributed by atoms with Crippen LogP contribution in [0.15, 0.2) is 0 Å². The Morgan fingerprint density at radius 2 is 2.00 bits per heavy atom. The molecule has 0 aromatic carbocycles. The zero-order valence-electron chi connectivity index (χ0n) is 10.3. The Kier molecular flexibility index (Phi) is 5.40. The summed E-state index contributed by atoms with van der Waals surface area (Å²) in [4.78, 5) is 11.4. The van der Waals surface area contributed by atoms with Crippen molar-refractivity contribution in [2.45, 2.75) is 57.0 Å². The molecule has 106 valence electrons. The van der Waals surface area contributed by atoms with Crippen molar-refractivity contribution in [3.63, 3.8) is 0 Å². The van der Waals surface area contributed by atoms with Gasteiger partial charge in [-0.3, -0.25) is 4.79 Å². The van der Waals surface area contributed by atoms with Crippen LogP contribution >= 0.6 is 0 Å². The molecule has 0 spiro atoms. The van der Waals surface area contributed by atoms with E-state index in [9.17, 15) is 23.1 Å². The summed E-state index contributed by atoms with van der Waals surface area (Å²) in [6.45, 7) is 0.165. The van der Waals surface area contributed by atoms with Crippen LogP contribution in [-0.4, -0.2) is 41.9 Å². The van der Waals surface area contributed by atoms with Crippen LogP contribution in [0.2, 0.25) is 0 Å². The second-order valence-corrected chi connectivity index (χ2v) is 4.68. The molecule has 1 rings (SSSR count). The smallest absolute Gasteiger partial charge is 0.392 e. The van der Waals surface area contributed by atoms with E-state index in [0.717, 1.165) is 19.3 Å². The van der Waals surface area contributed by atoms with E-state index in [-0.39, 0.29) is 6.04 Å². The van der Waals surface area contributed by atoms with Crippen LogP contribution in [0.5, 0.6) is 0 Å². The molecule has 3 unspecified atom stereocenters. The van der Waals surface area contributed by atoms with Gasteiger partial charge in [0.15, 0.2) is 0 Å². The van der Waals surface area contributed by atoms with E-state index >= 15 is 0 Å². The molecule has 0 aromatic heterocycles. The van der Waals surface area contributed by atoms with Crippen molar-refractivity contribution in [3.05, 3.63) is 0 Å². The van der Waals surface area contributed by atoms with Crippen molar-refractivity contribution in [1.29, 1.82) is 0 Å². The van der Waals surface area contributed by atoms with Gasteiger partial charge in [-0.15, -0.1) is 0 Å². The fourth-order valence-corrected chi connectivity index (χ4v) is 2.04. The maximum Gasteiger partial charge on any atom is 0.405 e. The Morgan fingerprint density at radius 1 is 1.39 bits per heavy atom. The van der Waals surface area contributed by atoms with Gasteiger partial charge in [-0.25, -0.2) is 0 Å². The Hall–Kier alpha value is -0.820. The molecule has 1 aliphatic rings. The topological polar surface area (TPSA) is 61.4 Å². The number of hydrogen-bond acceptors (Lipinski definition) is 3. The second-order valence-electron chi connectivity index (χ2n) is 4.68. The minimum Gasteiger partial charge on any atom is -0.392 e. The summed E-state index contributed by atoms with van der Waals surface area (Å²) in [7, 11) is 0. The van der Waals surface area contributed by atoms with Crippen molar-refractivity contribution in [3.8, 4) is 0 Å². The molecule has 0 aliphatic heterocycles. The van der Waals surface area contributed by atoms with Gasteiger partial charge in [0.2, 0.25) is 5.91 Å². The third-order valence-corrected chi connectivity index (χ3v) is 3.05. The molecule has 1 amide bonds. The largest absolute Gasteiger partial charge is 0.405 e. The van der Waals surface area contributed by atoms with E-state index in [2.05, 4.69) is 5.32 Å². The van der Waals surface area contributed by atoms with Gasteiger partial charge in [0.1, 0.15) is 6.54 Å². The van der Waals surface area contributed by atoms with E-state index < -0.39 is 30.8 Å². The van der Waals surface area contributed by atoms with Crippen molar-refractivity contribution in [2.24, 2.45) is 0 Å². The molecule has 1 aliphatic carbocycles. The van der Waals surface area contributed by atoms with Crippen molar-refractivity contribution < 1.29 is 23.1 Å². The first-order valence-corrected chi connectivity index (χ1v) is 6.08. The Labute approximate surface area is 104 Å². The first-order chi connectivity index (χ1) is 8.29. The van der Waals surface area contributed by atoms with Gasteiger partial charge in [-0.1, -0.05) is 12.8 Å². The van der Waals surface area contributed by atoms with Crippen LogP contribution in [0.1, 0.15) is 32.6 Å². The summed E-state index contributed by atoms with van der Waals surface area (Å²) in [5.74, 6) is -0.704. The van der Waals surface area contributed by atoms with Gasteiger partial charge < -0.3 is 15.7 Å². The Balaban J connectivity index is 2.34. The second kappa shape index (κ2) is 6.38. The highest BCUT2D eigenvalue weighted by molar-refractivity contribution is 5.81. The van der Waals surface area contributed by atoms with E-state index in [1.54, 1.807) is 0 Å². The van der Waals surface area contributed by atoms with Crippen molar-refractivity contribution >= 4 is 5.91 Å². The molecule has 0 heterocycles. The lowest BCUT2D eigenvalue weighted by Crippen LogP contribution is -2.52. The minimum atomic E-state index is -4.40. The molecular formula is C11H19F3N2O2. The van der Waals surface area contributed by atoms with Gasteiger partial charge in [0.25, 0.3) is 0 Å². The highest BCUT2D eigenvalue weighted by Gasteiger charge is 2.30. The monoisotopic (exact) mass is 268 g/mol. The first kappa shape index (κ1) is 15.2. The molecule has 3 atom stereocenters. The number of hydrogen-bond donors (Lipinski definition) is 3. The molecule has 0 saturated heterocycles. The number of halogens is 3. The molecule has 7 heteroatoms. The van der Waals surface area contributed by atoms with Gasteiger partial charge in [0, 0.05) is 6.04 Å². The van der Waals surface area contributed by atoms with Crippen molar-refractivity contribution in [1.82, 2.24) is 10.6 Å². The highest BCUT2D eigenvalue weighted by Crippen LogP contribution is 2.18. The van der Waals surface area contributed by atoms with Crippen molar-refractivity contribution in [2.75, 3.05) is 6.54 Å². The number of rotatable bonds is 4. The molecule has 1 saturated carbocycles. The lowest BCUT2D eigenvalue weighted by molar-refractivity contribution is -0.139. The molecule has 0 aromatic rings. The van der Waals surface area contributed by atoms with Crippen LogP contribution in [0, 0.1) is 0 Å². The predicted octanol–water partition coefficient (Wildman–Crippen LogP) is 0.946. The Bertz CT molecular complexity index is 284. The van der Waals surface area contributed by atoms with Crippen LogP contribution in [0.25, 0.3) is 0 Å². The zero-order valence-corrected chi connectivity index (χ0v) is 10.3. The van der Waals surface area contributed by atoms with Gasteiger partial charge in [0.05, 0.1) is 12.1 Å². The standard InChI is InChI=1S/C11H19F3N2O2/c1-7(10(18)15-6-11(12,13)14)16-8-4-2-3-5-9(8)17/h7-9,16-17H,2-6H2,1H3,(H,15,18). The fraction of sp³-hybridized carbons (Fsp3) is 0.909. The molecule has 4 nitrogen and oxygen atoms in total. The lowest BCUT2D eigenvalue weighted by Gasteiger charge is -2.30. The van der Waals surface area contributed by atoms with Crippen LogP contribution in [-0.2, 0) is 4.79 Å². The number of nitrogens with one attached hydrogen (secondary N) is 2. The maximum atomic E-state index is 11.9. The van der Waals surface area contributed by atoms with Gasteiger partial charge in [-0.2, -0.15) is 13.2 Å². The molecular weight excluding hydrogens is 249 g/mol. The minimum absolute atomic E-state index is 0.217. The summed E-state index contributed by atoms with van der Waals surface area (Å²) < 4.78 is 35.8. The predicted molar refractivity (Wildman–Crippen MR) is 59.9 cm³/mol. The first-order valence-electron chi connectivity index (χ1n) is 6.08. The van der Waals surface area contributed by atoms with Gasteiger partial charge >= 0.3 is 6.18 Å². The number of aliphatic hydroxyl groups is 1. The number of carbonyl (C=O) groups is 1. The summed E-state index contributed by atoms with van der Waals surface area (Å²) in [6.07, 6.45) is -1.65. The van der Waals surface area contributed by atoms with E-state index in [0.29, 0.717) is 6.42 Å². The van der Waals surface area contributed by atoms with Crippen LogP contribution in [0.4, 0.5) is 13.2 Å². The van der Waals surface area contributed by atoms with E-state index in [4.69, 9.17) is 0 Å². The van der Waals surface area contributed by atoms with E-state index in [1.165, 1.54) is 6.92 Å². The zero-order chi connectivity index (χ0) is 13.8. The number of aliphatic hydroxyl groups excluding tert-OH is 1. The molecule has 1 fully saturated rings. The highest BCUT2D eigenvalue weighted by atomic mass is 19.4. The van der Waals surface area contributed by atoms with Crippen LogP contribution < -0.4 is 10.6 Å². The molecule has 0 radical (unpaired) electrons. The number of alkyl halides is 3. The lowest BCUT2D eigenvalue weighted by atomic mass is 9.92.